The van der Waals surface area contributed by atoms with E-state index in [2.05, 4.69) is 44.8 Å². The highest BCUT2D eigenvalue weighted by atomic mass is 16.5. The van der Waals surface area contributed by atoms with Gasteiger partial charge in [-0.2, -0.15) is 0 Å². The van der Waals surface area contributed by atoms with Crippen molar-refractivity contribution in [1.82, 2.24) is 10.2 Å². The molecule has 0 saturated heterocycles. The van der Waals surface area contributed by atoms with E-state index >= 15 is 0 Å². The summed E-state index contributed by atoms with van der Waals surface area (Å²) >= 11 is 0. The average Bonchev–Trinajstić information content (AvgIpc) is 2.22. The summed E-state index contributed by atoms with van der Waals surface area (Å²) in [5.74, 6) is 0. The molecule has 0 aliphatic carbocycles. The zero-order valence-corrected chi connectivity index (χ0v) is 13.0. The van der Waals surface area contributed by atoms with Crippen LogP contribution in [0.3, 0.4) is 0 Å². The molecule has 110 valence electrons. The first kappa shape index (κ1) is 17.8. The first-order chi connectivity index (χ1) is 8.20. The Labute approximate surface area is 113 Å². The summed E-state index contributed by atoms with van der Waals surface area (Å²) < 4.78 is 5.11. The molecule has 0 rings (SSSR count). The summed E-state index contributed by atoms with van der Waals surface area (Å²) in [5.41, 5.74) is 0.321. The highest BCUT2D eigenvalue weighted by molar-refractivity contribution is 4.80. The second-order valence-electron chi connectivity index (χ2n) is 6.76. The number of nitrogens with one attached hydrogen (secondary N) is 1. The van der Waals surface area contributed by atoms with Crippen LogP contribution in [0, 0.1) is 5.41 Å². The lowest BCUT2D eigenvalue weighted by molar-refractivity contribution is 0.0985. The number of nitrogens with zero attached hydrogens (tertiary/aromatic N) is 1. The molecule has 0 fully saturated rings. The van der Waals surface area contributed by atoms with Crippen LogP contribution in [0.5, 0.6) is 0 Å². The smallest absolute Gasteiger partial charge is 0.0589 e. The van der Waals surface area contributed by atoms with Crippen molar-refractivity contribution in [3.05, 3.63) is 0 Å². The molecule has 0 bridgehead atoms. The summed E-state index contributed by atoms with van der Waals surface area (Å²) in [6, 6.07) is 0. The van der Waals surface area contributed by atoms with Gasteiger partial charge in [-0.05, 0) is 26.2 Å². The molecule has 0 aromatic carbocycles. The third-order valence-corrected chi connectivity index (χ3v) is 2.78. The summed E-state index contributed by atoms with van der Waals surface area (Å²) in [4.78, 5) is 2.26. The van der Waals surface area contributed by atoms with Crippen LogP contribution in [0.25, 0.3) is 0 Å². The van der Waals surface area contributed by atoms with Gasteiger partial charge < -0.3 is 15.2 Å². The van der Waals surface area contributed by atoms with E-state index in [4.69, 9.17) is 9.84 Å². The lowest BCUT2D eigenvalue weighted by atomic mass is 9.91. The molecule has 0 unspecified atom stereocenters. The summed E-state index contributed by atoms with van der Waals surface area (Å²) in [5, 5.41) is 12.6. The Bertz CT molecular complexity index is 212. The predicted molar refractivity (Wildman–Crippen MR) is 76.9 cm³/mol. The van der Waals surface area contributed by atoms with Gasteiger partial charge in [0.05, 0.1) is 13.2 Å². The van der Waals surface area contributed by atoms with Crippen molar-refractivity contribution in [2.75, 3.05) is 46.5 Å². The van der Waals surface area contributed by atoms with Gasteiger partial charge in [0.1, 0.15) is 0 Å². The fraction of sp³-hybridized carbons (Fsp3) is 1.00. The Balaban J connectivity index is 4.21. The first-order valence-electron chi connectivity index (χ1n) is 6.77. The van der Waals surface area contributed by atoms with E-state index in [0.29, 0.717) is 13.2 Å². The molecule has 0 aliphatic heterocycles. The maximum atomic E-state index is 9.09. The Morgan fingerprint density at radius 1 is 1.11 bits per heavy atom. The van der Waals surface area contributed by atoms with Gasteiger partial charge in [-0.1, -0.05) is 13.8 Å². The summed E-state index contributed by atoms with van der Waals surface area (Å²) in [6.45, 7) is 15.5. The Hall–Kier alpha value is -0.160. The molecular formula is C14H32N2O2. The summed E-state index contributed by atoms with van der Waals surface area (Å²) in [6.07, 6.45) is 0. The number of ether oxygens (including phenoxy) is 1. The molecule has 2 N–H and O–H groups in total. The fourth-order valence-corrected chi connectivity index (χ4v) is 1.80. The van der Waals surface area contributed by atoms with Crippen molar-refractivity contribution < 1.29 is 9.84 Å². The zero-order valence-electron chi connectivity index (χ0n) is 13.0. The molecule has 4 heteroatoms. The van der Waals surface area contributed by atoms with Gasteiger partial charge in [0.2, 0.25) is 0 Å². The standard InChI is InChI=1S/C14H32N2O2/c1-13(2,3)15-11-14(4,5)12-16(7-9-17)8-10-18-6/h15,17H,7-12H2,1-6H3. The van der Waals surface area contributed by atoms with Crippen LogP contribution in [0.2, 0.25) is 0 Å². The molecule has 18 heavy (non-hydrogen) atoms. The second-order valence-corrected chi connectivity index (χ2v) is 6.76. The van der Waals surface area contributed by atoms with Gasteiger partial charge in [0.25, 0.3) is 0 Å². The Morgan fingerprint density at radius 2 is 1.72 bits per heavy atom. The van der Waals surface area contributed by atoms with Gasteiger partial charge in [-0.25, -0.2) is 0 Å². The molecule has 0 radical (unpaired) electrons. The van der Waals surface area contributed by atoms with E-state index in [1.807, 2.05) is 0 Å². The molecule has 0 spiro atoms. The largest absolute Gasteiger partial charge is 0.395 e. The number of rotatable bonds is 9. The zero-order chi connectivity index (χ0) is 14.2. The van der Waals surface area contributed by atoms with E-state index in [1.54, 1.807) is 7.11 Å². The number of aliphatic hydroxyl groups is 1. The number of hydrogen-bond acceptors (Lipinski definition) is 4. The number of methoxy groups -OCH3 is 1. The SMILES string of the molecule is COCCN(CCO)CC(C)(C)CNC(C)(C)C. The maximum Gasteiger partial charge on any atom is 0.0589 e. The van der Waals surface area contributed by atoms with Gasteiger partial charge >= 0.3 is 0 Å². The molecule has 0 aromatic heterocycles. The molecule has 0 saturated carbocycles. The lowest BCUT2D eigenvalue weighted by Gasteiger charge is -2.35. The van der Waals surface area contributed by atoms with Gasteiger partial charge in [-0.3, -0.25) is 4.90 Å². The van der Waals surface area contributed by atoms with E-state index in [1.165, 1.54) is 0 Å². The van der Waals surface area contributed by atoms with E-state index in [0.717, 1.165) is 19.6 Å². The van der Waals surface area contributed by atoms with Crippen molar-refractivity contribution in [3.8, 4) is 0 Å². The van der Waals surface area contributed by atoms with Crippen LogP contribution < -0.4 is 5.32 Å². The first-order valence-corrected chi connectivity index (χ1v) is 6.77. The van der Waals surface area contributed by atoms with E-state index in [-0.39, 0.29) is 17.6 Å². The summed E-state index contributed by atoms with van der Waals surface area (Å²) in [7, 11) is 1.71. The molecular weight excluding hydrogens is 228 g/mol. The lowest BCUT2D eigenvalue weighted by Crippen LogP contribution is -2.47. The minimum absolute atomic E-state index is 0.144. The fourth-order valence-electron chi connectivity index (χ4n) is 1.80. The molecule has 4 nitrogen and oxygen atoms in total. The van der Waals surface area contributed by atoms with E-state index in [9.17, 15) is 0 Å². The van der Waals surface area contributed by atoms with Gasteiger partial charge in [-0.15, -0.1) is 0 Å². The van der Waals surface area contributed by atoms with Crippen LogP contribution in [0.15, 0.2) is 0 Å². The van der Waals surface area contributed by atoms with Crippen LogP contribution in [-0.4, -0.2) is 62.0 Å². The Kier molecular flexibility index (Phi) is 8.03. The minimum atomic E-state index is 0.144. The number of aliphatic hydroxyl groups excluding tert-OH is 1. The van der Waals surface area contributed by atoms with Crippen molar-refractivity contribution in [3.63, 3.8) is 0 Å². The highest BCUT2D eigenvalue weighted by Gasteiger charge is 2.23. The topological polar surface area (TPSA) is 44.7 Å². The van der Waals surface area contributed by atoms with Crippen LogP contribution >= 0.6 is 0 Å². The van der Waals surface area contributed by atoms with Crippen molar-refractivity contribution in [2.45, 2.75) is 40.2 Å². The molecule has 0 aromatic rings. The second kappa shape index (κ2) is 8.10. The molecule has 0 amide bonds. The molecule has 0 atom stereocenters. The number of hydrogen-bond donors (Lipinski definition) is 2. The normalized spacial score (nSPS) is 13.3. The van der Waals surface area contributed by atoms with Crippen LogP contribution in [-0.2, 0) is 4.74 Å². The van der Waals surface area contributed by atoms with Gasteiger partial charge in [0.15, 0.2) is 0 Å². The average molecular weight is 260 g/mol. The monoisotopic (exact) mass is 260 g/mol. The van der Waals surface area contributed by atoms with Crippen molar-refractivity contribution >= 4 is 0 Å². The minimum Gasteiger partial charge on any atom is -0.395 e. The molecule has 0 aliphatic rings. The van der Waals surface area contributed by atoms with Gasteiger partial charge in [0, 0.05) is 38.8 Å². The Morgan fingerprint density at radius 3 is 2.17 bits per heavy atom. The van der Waals surface area contributed by atoms with Crippen molar-refractivity contribution in [2.24, 2.45) is 5.41 Å². The third kappa shape index (κ3) is 9.83. The third-order valence-electron chi connectivity index (χ3n) is 2.78. The maximum absolute atomic E-state index is 9.09. The van der Waals surface area contributed by atoms with Crippen LogP contribution in [0.1, 0.15) is 34.6 Å². The van der Waals surface area contributed by atoms with E-state index < -0.39 is 0 Å². The predicted octanol–water partition coefficient (Wildman–Crippen LogP) is 1.34. The quantitative estimate of drug-likeness (QED) is 0.657. The van der Waals surface area contributed by atoms with Crippen molar-refractivity contribution in [1.29, 1.82) is 0 Å². The highest BCUT2D eigenvalue weighted by Crippen LogP contribution is 2.17. The molecule has 0 heterocycles. The van der Waals surface area contributed by atoms with Crippen LogP contribution in [0.4, 0.5) is 0 Å².